The van der Waals surface area contributed by atoms with Crippen LogP contribution in [0.15, 0.2) is 59.3 Å². The summed E-state index contributed by atoms with van der Waals surface area (Å²) in [6.07, 6.45) is 1.51. The molecule has 1 N–H and O–H groups in total. The van der Waals surface area contributed by atoms with Crippen molar-refractivity contribution in [2.45, 2.75) is 0 Å². The van der Waals surface area contributed by atoms with E-state index in [9.17, 15) is 4.79 Å². The first kappa shape index (κ1) is 13.4. The Morgan fingerprint density at radius 2 is 1.76 bits per heavy atom. The minimum absolute atomic E-state index is 0.155. The molecule has 0 aliphatic heterocycles. The van der Waals surface area contributed by atoms with Crippen molar-refractivity contribution >= 4 is 27.5 Å². The lowest BCUT2D eigenvalue weighted by atomic mass is 10.2. The number of hydrogen-bond acceptors (Lipinski definition) is 4. The molecule has 0 saturated heterocycles. The maximum Gasteiger partial charge on any atom is 0.255 e. The lowest BCUT2D eigenvalue weighted by molar-refractivity contribution is 0.102. The Balaban J connectivity index is 1.73. The molecule has 3 rings (SSSR count). The molecule has 0 atom stereocenters. The van der Waals surface area contributed by atoms with E-state index >= 15 is 0 Å². The van der Waals surface area contributed by atoms with Crippen LogP contribution in [-0.4, -0.2) is 26.1 Å². The number of anilines is 1. The van der Waals surface area contributed by atoms with Gasteiger partial charge in [0, 0.05) is 15.7 Å². The summed E-state index contributed by atoms with van der Waals surface area (Å²) in [7, 11) is 0. The van der Waals surface area contributed by atoms with Crippen LogP contribution in [0.1, 0.15) is 10.4 Å². The number of rotatable bonds is 3. The lowest BCUT2D eigenvalue weighted by Crippen LogP contribution is -2.11. The van der Waals surface area contributed by atoms with Crippen LogP contribution in [0.3, 0.4) is 0 Å². The van der Waals surface area contributed by atoms with Crippen LogP contribution in [-0.2, 0) is 0 Å². The average Bonchev–Trinajstić information content (AvgIpc) is 3.03. The number of aromatic nitrogens is 4. The lowest BCUT2D eigenvalue weighted by Gasteiger charge is -2.06. The number of carbonyl (C=O) groups is 1. The maximum atomic E-state index is 12.1. The molecular formula is C14H10BrN5O. The summed E-state index contributed by atoms with van der Waals surface area (Å²) >= 11 is 3.34. The molecule has 0 unspecified atom stereocenters. The standard InChI is InChI=1S/C14H10BrN5O/c15-11-3-1-10(2-4-11)14(21)17-12-5-7-13(8-6-12)20-9-16-18-19-20/h1-9H,(H,17,21). The smallest absolute Gasteiger partial charge is 0.255 e. The number of nitrogens with zero attached hydrogens (tertiary/aromatic N) is 4. The van der Waals surface area contributed by atoms with Gasteiger partial charge in [-0.15, -0.1) is 5.10 Å². The number of tetrazole rings is 1. The van der Waals surface area contributed by atoms with Crippen molar-refractivity contribution in [3.05, 3.63) is 64.9 Å². The molecular weight excluding hydrogens is 334 g/mol. The Morgan fingerprint density at radius 1 is 1.05 bits per heavy atom. The zero-order chi connectivity index (χ0) is 14.7. The second-order valence-corrected chi connectivity index (χ2v) is 5.18. The van der Waals surface area contributed by atoms with Gasteiger partial charge in [0.2, 0.25) is 0 Å². The second-order valence-electron chi connectivity index (χ2n) is 4.26. The number of carbonyl (C=O) groups excluding carboxylic acids is 1. The third-order valence-electron chi connectivity index (χ3n) is 2.85. The second kappa shape index (κ2) is 5.84. The third-order valence-corrected chi connectivity index (χ3v) is 3.37. The van der Waals surface area contributed by atoms with E-state index in [-0.39, 0.29) is 5.91 Å². The van der Waals surface area contributed by atoms with Gasteiger partial charge in [0.15, 0.2) is 0 Å². The maximum absolute atomic E-state index is 12.1. The molecule has 104 valence electrons. The Morgan fingerprint density at radius 3 is 2.38 bits per heavy atom. The molecule has 7 heteroatoms. The fraction of sp³-hybridized carbons (Fsp3) is 0. The summed E-state index contributed by atoms with van der Waals surface area (Å²) in [4.78, 5) is 12.1. The first-order valence-corrected chi connectivity index (χ1v) is 6.92. The summed E-state index contributed by atoms with van der Waals surface area (Å²) < 4.78 is 2.48. The fourth-order valence-corrected chi connectivity index (χ4v) is 2.05. The number of amides is 1. The normalized spacial score (nSPS) is 10.3. The van der Waals surface area contributed by atoms with Gasteiger partial charge < -0.3 is 5.32 Å². The van der Waals surface area contributed by atoms with Crippen molar-refractivity contribution in [3.63, 3.8) is 0 Å². The van der Waals surface area contributed by atoms with Crippen LogP contribution in [0, 0.1) is 0 Å². The molecule has 6 nitrogen and oxygen atoms in total. The van der Waals surface area contributed by atoms with Gasteiger partial charge in [0.25, 0.3) is 5.91 Å². The molecule has 1 aromatic heterocycles. The Kier molecular flexibility index (Phi) is 3.74. The molecule has 0 aliphatic rings. The Hall–Kier alpha value is -2.54. The molecule has 1 amide bonds. The SMILES string of the molecule is O=C(Nc1ccc(-n2cnnn2)cc1)c1ccc(Br)cc1. The molecule has 0 saturated carbocycles. The first-order chi connectivity index (χ1) is 10.2. The van der Waals surface area contributed by atoms with Gasteiger partial charge in [-0.1, -0.05) is 15.9 Å². The van der Waals surface area contributed by atoms with E-state index in [2.05, 4.69) is 36.8 Å². The predicted molar refractivity (Wildman–Crippen MR) is 81.2 cm³/mol. The molecule has 0 bridgehead atoms. The zero-order valence-electron chi connectivity index (χ0n) is 10.8. The van der Waals surface area contributed by atoms with Crippen LogP contribution in [0.5, 0.6) is 0 Å². The highest BCUT2D eigenvalue weighted by atomic mass is 79.9. The zero-order valence-corrected chi connectivity index (χ0v) is 12.4. The van der Waals surface area contributed by atoms with E-state index < -0.39 is 0 Å². The average molecular weight is 344 g/mol. The van der Waals surface area contributed by atoms with Crippen molar-refractivity contribution in [2.75, 3.05) is 5.32 Å². The molecule has 0 aliphatic carbocycles. The highest BCUT2D eigenvalue weighted by molar-refractivity contribution is 9.10. The van der Waals surface area contributed by atoms with Crippen LogP contribution in [0.25, 0.3) is 5.69 Å². The van der Waals surface area contributed by atoms with E-state index in [0.29, 0.717) is 11.3 Å². The predicted octanol–water partition coefficient (Wildman–Crippen LogP) is 2.68. The van der Waals surface area contributed by atoms with Crippen molar-refractivity contribution in [3.8, 4) is 5.69 Å². The van der Waals surface area contributed by atoms with Crippen LogP contribution in [0.2, 0.25) is 0 Å². The van der Waals surface area contributed by atoms with Crippen LogP contribution >= 0.6 is 15.9 Å². The van der Waals surface area contributed by atoms with E-state index in [0.717, 1.165) is 10.2 Å². The summed E-state index contributed by atoms with van der Waals surface area (Å²) in [6.45, 7) is 0. The summed E-state index contributed by atoms with van der Waals surface area (Å²) in [6, 6.07) is 14.4. The van der Waals surface area contributed by atoms with Gasteiger partial charge in [-0.2, -0.15) is 0 Å². The molecule has 1 heterocycles. The fourth-order valence-electron chi connectivity index (χ4n) is 1.78. The van der Waals surface area contributed by atoms with Crippen LogP contribution < -0.4 is 5.32 Å². The summed E-state index contributed by atoms with van der Waals surface area (Å²) in [5.41, 5.74) is 2.13. The number of halogens is 1. The summed E-state index contributed by atoms with van der Waals surface area (Å²) in [5, 5.41) is 13.8. The molecule has 21 heavy (non-hydrogen) atoms. The van der Waals surface area contributed by atoms with E-state index in [1.54, 1.807) is 28.9 Å². The van der Waals surface area contributed by atoms with Gasteiger partial charge in [0.1, 0.15) is 6.33 Å². The molecule has 0 fully saturated rings. The minimum Gasteiger partial charge on any atom is -0.322 e. The highest BCUT2D eigenvalue weighted by Crippen LogP contribution is 2.15. The Bertz CT molecular complexity index is 738. The monoisotopic (exact) mass is 343 g/mol. The van der Waals surface area contributed by atoms with E-state index in [1.807, 2.05) is 24.3 Å². The van der Waals surface area contributed by atoms with E-state index in [4.69, 9.17) is 0 Å². The van der Waals surface area contributed by atoms with Crippen LogP contribution in [0.4, 0.5) is 5.69 Å². The first-order valence-electron chi connectivity index (χ1n) is 6.13. The van der Waals surface area contributed by atoms with Gasteiger partial charge >= 0.3 is 0 Å². The van der Waals surface area contributed by atoms with E-state index in [1.165, 1.54) is 6.33 Å². The number of benzene rings is 2. The third kappa shape index (κ3) is 3.14. The molecule has 0 radical (unpaired) electrons. The molecule has 2 aromatic carbocycles. The largest absolute Gasteiger partial charge is 0.322 e. The molecule has 0 spiro atoms. The Labute approximate surface area is 128 Å². The highest BCUT2D eigenvalue weighted by Gasteiger charge is 2.06. The van der Waals surface area contributed by atoms with Crippen molar-refractivity contribution < 1.29 is 4.79 Å². The van der Waals surface area contributed by atoms with Crippen molar-refractivity contribution in [1.82, 2.24) is 20.2 Å². The van der Waals surface area contributed by atoms with Crippen molar-refractivity contribution in [2.24, 2.45) is 0 Å². The topological polar surface area (TPSA) is 72.7 Å². The minimum atomic E-state index is -0.155. The van der Waals surface area contributed by atoms with Gasteiger partial charge in [-0.05, 0) is 59.0 Å². The number of hydrogen-bond donors (Lipinski definition) is 1. The van der Waals surface area contributed by atoms with Gasteiger partial charge in [-0.25, -0.2) is 4.68 Å². The van der Waals surface area contributed by atoms with Gasteiger partial charge in [-0.3, -0.25) is 4.79 Å². The molecule has 3 aromatic rings. The quantitative estimate of drug-likeness (QED) is 0.793. The van der Waals surface area contributed by atoms with Crippen molar-refractivity contribution in [1.29, 1.82) is 0 Å². The summed E-state index contributed by atoms with van der Waals surface area (Å²) in [5.74, 6) is -0.155. The van der Waals surface area contributed by atoms with Gasteiger partial charge in [0.05, 0.1) is 5.69 Å². The number of nitrogens with one attached hydrogen (secondary N) is 1.